The molecule has 1 amide bonds. The van der Waals surface area contributed by atoms with Crippen LogP contribution < -0.4 is 10.6 Å². The predicted octanol–water partition coefficient (Wildman–Crippen LogP) is 4.20. The maximum absolute atomic E-state index is 12.9. The maximum Gasteiger partial charge on any atom is 0.350 e. The molecule has 0 radical (unpaired) electrons. The number of aryl methyl sites for hydroxylation is 2. The van der Waals surface area contributed by atoms with Gasteiger partial charge in [0.15, 0.2) is 5.57 Å². The van der Waals surface area contributed by atoms with Crippen LogP contribution in [0.3, 0.4) is 0 Å². The Balaban J connectivity index is 1.78. The molecule has 2 aromatic carbocycles. The van der Waals surface area contributed by atoms with Crippen LogP contribution in [0.2, 0.25) is 0 Å². The molecular formula is C24H26N2O5. The smallest absolute Gasteiger partial charge is 0.350 e. The first kappa shape index (κ1) is 22.1. The van der Waals surface area contributed by atoms with Crippen molar-refractivity contribution in [1.29, 1.82) is 0 Å². The second-order valence-corrected chi connectivity index (χ2v) is 7.57. The van der Waals surface area contributed by atoms with Gasteiger partial charge in [-0.25, -0.2) is 9.59 Å². The molecule has 7 nitrogen and oxygen atoms in total. The summed E-state index contributed by atoms with van der Waals surface area (Å²) in [6.07, 6.45) is 2.84. The molecule has 3 rings (SSSR count). The first-order valence-electron chi connectivity index (χ1n) is 10.2. The molecule has 2 aromatic rings. The summed E-state index contributed by atoms with van der Waals surface area (Å²) in [4.78, 5) is 37.0. The summed E-state index contributed by atoms with van der Waals surface area (Å²) in [5, 5.41) is 5.89. The van der Waals surface area contributed by atoms with Gasteiger partial charge in [-0.3, -0.25) is 4.79 Å². The number of esters is 2. The fourth-order valence-electron chi connectivity index (χ4n) is 3.27. The minimum atomic E-state index is -1.30. The SMILES string of the molecule is CCc1cccc(CC)c1NC(=O)c1cccc(NC=C2C(=O)OC(C)(C)OC2=O)c1. The average molecular weight is 422 g/mol. The summed E-state index contributed by atoms with van der Waals surface area (Å²) < 4.78 is 10.1. The van der Waals surface area contributed by atoms with Gasteiger partial charge in [0, 0.05) is 37.0 Å². The molecule has 0 bridgehead atoms. The van der Waals surface area contributed by atoms with Crippen LogP contribution >= 0.6 is 0 Å². The van der Waals surface area contributed by atoms with Gasteiger partial charge >= 0.3 is 11.9 Å². The van der Waals surface area contributed by atoms with Crippen LogP contribution in [0, 0.1) is 0 Å². The van der Waals surface area contributed by atoms with Gasteiger partial charge in [0.1, 0.15) is 0 Å². The van der Waals surface area contributed by atoms with E-state index in [0.717, 1.165) is 29.7 Å². The highest BCUT2D eigenvalue weighted by molar-refractivity contribution is 6.15. The first-order chi connectivity index (χ1) is 14.7. The van der Waals surface area contributed by atoms with Crippen molar-refractivity contribution in [2.24, 2.45) is 0 Å². The molecule has 0 aliphatic carbocycles. The Hall–Kier alpha value is -3.61. The number of benzene rings is 2. The molecule has 1 aliphatic rings. The predicted molar refractivity (Wildman–Crippen MR) is 118 cm³/mol. The van der Waals surface area contributed by atoms with E-state index in [9.17, 15) is 14.4 Å². The third-order valence-electron chi connectivity index (χ3n) is 4.86. The average Bonchev–Trinajstić information content (AvgIpc) is 2.72. The number of rotatable bonds is 6. The Kier molecular flexibility index (Phi) is 6.44. The number of para-hydroxylation sites is 1. The highest BCUT2D eigenvalue weighted by Gasteiger charge is 2.38. The van der Waals surface area contributed by atoms with Crippen molar-refractivity contribution >= 4 is 29.2 Å². The molecule has 0 spiro atoms. The number of carbonyl (C=O) groups is 3. The zero-order valence-corrected chi connectivity index (χ0v) is 18.1. The van der Waals surface area contributed by atoms with Gasteiger partial charge < -0.3 is 20.1 Å². The van der Waals surface area contributed by atoms with Crippen LogP contribution in [0.25, 0.3) is 0 Å². The Morgan fingerprint density at radius 1 is 0.968 bits per heavy atom. The Morgan fingerprint density at radius 3 is 2.13 bits per heavy atom. The molecule has 1 saturated heterocycles. The van der Waals surface area contributed by atoms with Gasteiger partial charge in [0.2, 0.25) is 0 Å². The van der Waals surface area contributed by atoms with Gasteiger partial charge in [-0.15, -0.1) is 0 Å². The zero-order valence-electron chi connectivity index (χ0n) is 18.1. The van der Waals surface area contributed by atoms with E-state index >= 15 is 0 Å². The number of cyclic esters (lactones) is 2. The number of ether oxygens (including phenoxy) is 2. The number of carbonyl (C=O) groups excluding carboxylic acids is 3. The third kappa shape index (κ3) is 5.12. The van der Waals surface area contributed by atoms with Gasteiger partial charge in [-0.05, 0) is 42.2 Å². The minimum absolute atomic E-state index is 0.245. The lowest BCUT2D eigenvalue weighted by Gasteiger charge is -2.29. The zero-order chi connectivity index (χ0) is 22.6. The lowest BCUT2D eigenvalue weighted by atomic mass is 10.0. The summed E-state index contributed by atoms with van der Waals surface area (Å²) >= 11 is 0. The molecule has 0 saturated carbocycles. The van der Waals surface area contributed by atoms with Crippen molar-refractivity contribution in [1.82, 2.24) is 0 Å². The van der Waals surface area contributed by atoms with Crippen LogP contribution in [0.4, 0.5) is 11.4 Å². The molecule has 7 heteroatoms. The highest BCUT2D eigenvalue weighted by atomic mass is 16.7. The quantitative estimate of drug-likeness (QED) is 0.412. The van der Waals surface area contributed by atoms with E-state index in [0.29, 0.717) is 11.3 Å². The molecule has 2 N–H and O–H groups in total. The van der Waals surface area contributed by atoms with Gasteiger partial charge in [-0.2, -0.15) is 0 Å². The summed E-state index contributed by atoms with van der Waals surface area (Å²) in [6, 6.07) is 12.8. The second kappa shape index (κ2) is 9.04. The molecule has 31 heavy (non-hydrogen) atoms. The molecule has 1 aliphatic heterocycles. The largest absolute Gasteiger partial charge is 0.419 e. The Bertz CT molecular complexity index is 1010. The van der Waals surface area contributed by atoms with Crippen molar-refractivity contribution in [3.8, 4) is 0 Å². The van der Waals surface area contributed by atoms with Crippen molar-refractivity contribution in [3.63, 3.8) is 0 Å². The standard InChI is InChI=1S/C24H26N2O5/c1-5-15-9-7-10-16(6-2)20(15)26-21(27)17-11-8-12-18(13-17)25-14-19-22(28)30-24(3,4)31-23(19)29/h7-14,25H,5-6H2,1-4H3,(H,26,27). The van der Waals surface area contributed by atoms with E-state index in [4.69, 9.17) is 9.47 Å². The maximum atomic E-state index is 12.9. The fourth-order valence-corrected chi connectivity index (χ4v) is 3.27. The molecule has 0 aromatic heterocycles. The van der Waals surface area contributed by atoms with Gasteiger partial charge in [0.25, 0.3) is 11.7 Å². The summed E-state index contributed by atoms with van der Waals surface area (Å²) in [5.74, 6) is -3.09. The van der Waals surface area contributed by atoms with E-state index in [1.54, 1.807) is 24.3 Å². The number of anilines is 2. The van der Waals surface area contributed by atoms with E-state index in [-0.39, 0.29) is 11.5 Å². The molecular weight excluding hydrogens is 396 g/mol. The van der Waals surface area contributed by atoms with E-state index < -0.39 is 17.7 Å². The lowest BCUT2D eigenvalue weighted by Crippen LogP contribution is -2.42. The Morgan fingerprint density at radius 2 is 1.55 bits per heavy atom. The molecule has 0 atom stereocenters. The topological polar surface area (TPSA) is 93.7 Å². The van der Waals surface area contributed by atoms with Crippen LogP contribution in [0.1, 0.15) is 49.2 Å². The van der Waals surface area contributed by atoms with E-state index in [2.05, 4.69) is 10.6 Å². The van der Waals surface area contributed by atoms with Gasteiger partial charge in [0.05, 0.1) is 0 Å². The normalized spacial score (nSPS) is 15.0. The second-order valence-electron chi connectivity index (χ2n) is 7.57. The minimum Gasteiger partial charge on any atom is -0.419 e. The van der Waals surface area contributed by atoms with Crippen LogP contribution in [0.5, 0.6) is 0 Å². The van der Waals surface area contributed by atoms with Gasteiger partial charge in [-0.1, -0.05) is 38.1 Å². The van der Waals surface area contributed by atoms with E-state index in [1.807, 2.05) is 32.0 Å². The van der Waals surface area contributed by atoms with Crippen molar-refractivity contribution in [3.05, 3.63) is 70.9 Å². The molecule has 0 unspecified atom stereocenters. The Labute approximate surface area is 181 Å². The fraction of sp³-hybridized carbons (Fsp3) is 0.292. The molecule has 1 heterocycles. The molecule has 1 fully saturated rings. The van der Waals surface area contributed by atoms with Crippen molar-refractivity contribution < 1.29 is 23.9 Å². The first-order valence-corrected chi connectivity index (χ1v) is 10.2. The summed E-state index contributed by atoms with van der Waals surface area (Å²) in [6.45, 7) is 7.06. The summed E-state index contributed by atoms with van der Waals surface area (Å²) in [7, 11) is 0. The number of hydrogen-bond acceptors (Lipinski definition) is 6. The highest BCUT2D eigenvalue weighted by Crippen LogP contribution is 2.25. The third-order valence-corrected chi connectivity index (χ3v) is 4.86. The van der Waals surface area contributed by atoms with Crippen LogP contribution in [-0.2, 0) is 31.9 Å². The number of amides is 1. The van der Waals surface area contributed by atoms with E-state index in [1.165, 1.54) is 20.0 Å². The van der Waals surface area contributed by atoms with Crippen LogP contribution in [-0.4, -0.2) is 23.6 Å². The van der Waals surface area contributed by atoms with Crippen LogP contribution in [0.15, 0.2) is 54.2 Å². The monoisotopic (exact) mass is 422 g/mol. The lowest BCUT2D eigenvalue weighted by molar-refractivity contribution is -0.222. The van der Waals surface area contributed by atoms with Crippen molar-refractivity contribution in [2.45, 2.75) is 46.3 Å². The number of nitrogens with one attached hydrogen (secondary N) is 2. The number of hydrogen-bond donors (Lipinski definition) is 2. The van der Waals surface area contributed by atoms with Crippen molar-refractivity contribution in [2.75, 3.05) is 10.6 Å². The summed E-state index contributed by atoms with van der Waals surface area (Å²) in [5.41, 5.74) is 3.70. The molecule has 162 valence electrons.